The molecule has 0 atom stereocenters. The van der Waals surface area contributed by atoms with Gasteiger partial charge in [-0.1, -0.05) is 6.92 Å². The van der Waals surface area contributed by atoms with E-state index in [1.165, 1.54) is 31.3 Å². The Labute approximate surface area is 113 Å². The van der Waals surface area contributed by atoms with Crippen LogP contribution in [0.4, 0.5) is 0 Å². The number of nitrogens with one attached hydrogen (secondary N) is 1. The van der Waals surface area contributed by atoms with E-state index in [9.17, 15) is 18.3 Å². The molecule has 0 aromatic heterocycles. The smallest absolute Gasteiger partial charge is 0.243 e. The molecule has 0 bridgehead atoms. The summed E-state index contributed by atoms with van der Waals surface area (Å²) < 4.78 is 25.8. The Hall–Kier alpha value is -1.60. The van der Waals surface area contributed by atoms with E-state index < -0.39 is 10.0 Å². The van der Waals surface area contributed by atoms with Crippen LogP contribution in [0.2, 0.25) is 0 Å². The molecule has 0 heterocycles. The van der Waals surface area contributed by atoms with Crippen molar-refractivity contribution in [2.24, 2.45) is 0 Å². The Morgan fingerprint density at radius 2 is 1.89 bits per heavy atom. The number of amides is 1. The summed E-state index contributed by atoms with van der Waals surface area (Å²) in [5.74, 6) is -0.372. The van der Waals surface area contributed by atoms with E-state index in [2.05, 4.69) is 5.32 Å². The summed E-state index contributed by atoms with van der Waals surface area (Å²) in [6.07, 6.45) is 0.605. The van der Waals surface area contributed by atoms with Gasteiger partial charge in [-0.25, -0.2) is 8.42 Å². The van der Waals surface area contributed by atoms with Crippen molar-refractivity contribution in [2.45, 2.75) is 18.2 Å². The molecule has 106 valence electrons. The van der Waals surface area contributed by atoms with Gasteiger partial charge >= 0.3 is 0 Å². The maximum Gasteiger partial charge on any atom is 0.243 e. The first kappa shape index (κ1) is 15.5. The van der Waals surface area contributed by atoms with Gasteiger partial charge in [0, 0.05) is 13.6 Å². The number of nitrogens with zero attached hydrogens (tertiary/aromatic N) is 1. The molecule has 6 nitrogen and oxygen atoms in total. The summed E-state index contributed by atoms with van der Waals surface area (Å²) in [6.45, 7) is 1.88. The second-order valence-corrected chi connectivity index (χ2v) is 5.94. The van der Waals surface area contributed by atoms with Crippen LogP contribution in [0.1, 0.15) is 13.3 Å². The average Bonchev–Trinajstić information content (AvgIpc) is 2.38. The van der Waals surface area contributed by atoms with E-state index in [1.54, 1.807) is 0 Å². The highest BCUT2D eigenvalue weighted by Gasteiger charge is 2.25. The molecule has 1 amide bonds. The number of hydrogen-bond acceptors (Lipinski definition) is 4. The first-order chi connectivity index (χ1) is 8.91. The van der Waals surface area contributed by atoms with Crippen LogP contribution in [-0.4, -0.2) is 43.9 Å². The van der Waals surface area contributed by atoms with E-state index in [4.69, 9.17) is 0 Å². The van der Waals surface area contributed by atoms with Crippen molar-refractivity contribution < 1.29 is 18.3 Å². The number of carbonyl (C=O) groups is 1. The van der Waals surface area contributed by atoms with Gasteiger partial charge in [0.15, 0.2) is 0 Å². The summed E-state index contributed by atoms with van der Waals surface area (Å²) in [5, 5.41) is 11.6. The molecule has 0 unspecified atom stereocenters. The third-order valence-electron chi connectivity index (χ3n) is 2.55. The Morgan fingerprint density at radius 3 is 2.37 bits per heavy atom. The number of sulfonamides is 1. The van der Waals surface area contributed by atoms with Crippen molar-refractivity contribution >= 4 is 15.9 Å². The zero-order valence-corrected chi connectivity index (χ0v) is 11.8. The van der Waals surface area contributed by atoms with Crippen LogP contribution in [0.25, 0.3) is 0 Å². The molecule has 0 saturated heterocycles. The molecule has 0 radical (unpaired) electrons. The number of rotatable bonds is 6. The molecule has 2 N–H and O–H groups in total. The van der Waals surface area contributed by atoms with Crippen LogP contribution in [0.15, 0.2) is 29.2 Å². The van der Waals surface area contributed by atoms with Crippen LogP contribution in [0.5, 0.6) is 5.75 Å². The van der Waals surface area contributed by atoms with Gasteiger partial charge in [-0.3, -0.25) is 4.79 Å². The molecular formula is C12H18N2O4S. The highest BCUT2D eigenvalue weighted by molar-refractivity contribution is 7.89. The minimum Gasteiger partial charge on any atom is -0.508 e. The quantitative estimate of drug-likeness (QED) is 0.799. The molecule has 7 heteroatoms. The lowest BCUT2D eigenvalue weighted by Crippen LogP contribution is -2.40. The van der Waals surface area contributed by atoms with E-state index in [0.717, 1.165) is 4.31 Å². The lowest BCUT2D eigenvalue weighted by Gasteiger charge is -2.20. The first-order valence-corrected chi connectivity index (χ1v) is 7.35. The largest absolute Gasteiger partial charge is 0.508 e. The predicted octanol–water partition coefficient (Wildman–Crippen LogP) is 0.539. The fourth-order valence-electron chi connectivity index (χ4n) is 1.54. The van der Waals surface area contributed by atoms with E-state index in [-0.39, 0.29) is 29.6 Å². The Balaban J connectivity index is 3.05. The molecule has 19 heavy (non-hydrogen) atoms. The molecular weight excluding hydrogens is 268 g/mol. The summed E-state index contributed by atoms with van der Waals surface area (Å²) >= 11 is 0. The van der Waals surface area contributed by atoms with Crippen LogP contribution in [0.3, 0.4) is 0 Å². The standard InChI is InChI=1S/C12H18N2O4S/c1-3-8-14(9-12(16)13-2)19(17,18)11-6-4-10(15)5-7-11/h4-7,15H,3,8-9H2,1-2H3,(H,13,16). The molecule has 1 aromatic carbocycles. The fraction of sp³-hybridized carbons (Fsp3) is 0.417. The van der Waals surface area contributed by atoms with E-state index in [1.807, 2.05) is 6.92 Å². The summed E-state index contributed by atoms with van der Waals surface area (Å²) in [7, 11) is -2.27. The molecule has 0 aliphatic carbocycles. The topological polar surface area (TPSA) is 86.7 Å². The van der Waals surface area contributed by atoms with Gasteiger partial charge in [-0.05, 0) is 30.7 Å². The monoisotopic (exact) mass is 286 g/mol. The first-order valence-electron chi connectivity index (χ1n) is 5.91. The Bertz CT molecular complexity index is 525. The molecule has 0 aliphatic rings. The van der Waals surface area contributed by atoms with Gasteiger partial charge in [-0.15, -0.1) is 0 Å². The number of likely N-dealkylation sites (N-methyl/N-ethyl adjacent to an activating group) is 1. The lowest BCUT2D eigenvalue weighted by molar-refractivity contribution is -0.120. The minimum absolute atomic E-state index is 0.00714. The zero-order valence-electron chi connectivity index (χ0n) is 11.0. The third kappa shape index (κ3) is 3.93. The Morgan fingerprint density at radius 1 is 1.32 bits per heavy atom. The summed E-state index contributed by atoms with van der Waals surface area (Å²) in [6, 6.07) is 5.24. The van der Waals surface area contributed by atoms with Gasteiger partial charge in [0.2, 0.25) is 15.9 Å². The summed E-state index contributed by atoms with van der Waals surface area (Å²) in [5.41, 5.74) is 0. The second-order valence-electron chi connectivity index (χ2n) is 4.01. The lowest BCUT2D eigenvalue weighted by atomic mass is 10.3. The van der Waals surface area contributed by atoms with Gasteiger partial charge in [0.1, 0.15) is 5.75 Å². The predicted molar refractivity (Wildman–Crippen MR) is 71.2 cm³/mol. The van der Waals surface area contributed by atoms with Crippen LogP contribution in [-0.2, 0) is 14.8 Å². The molecule has 0 aliphatic heterocycles. The van der Waals surface area contributed by atoms with E-state index in [0.29, 0.717) is 6.42 Å². The Kier molecular flexibility index (Phi) is 5.31. The number of aromatic hydroxyl groups is 1. The van der Waals surface area contributed by atoms with E-state index >= 15 is 0 Å². The van der Waals surface area contributed by atoms with Crippen LogP contribution >= 0.6 is 0 Å². The van der Waals surface area contributed by atoms with Crippen molar-refractivity contribution in [3.05, 3.63) is 24.3 Å². The number of benzene rings is 1. The number of carbonyl (C=O) groups excluding carboxylic acids is 1. The van der Waals surface area contributed by atoms with Gasteiger partial charge < -0.3 is 10.4 Å². The average molecular weight is 286 g/mol. The second kappa shape index (κ2) is 6.53. The minimum atomic E-state index is -3.72. The maximum atomic E-state index is 12.3. The number of phenolic OH excluding ortho intramolecular Hbond substituents is 1. The molecule has 1 rings (SSSR count). The third-order valence-corrected chi connectivity index (χ3v) is 4.41. The van der Waals surface area contributed by atoms with Crippen molar-refractivity contribution in [2.75, 3.05) is 20.1 Å². The normalized spacial score (nSPS) is 11.5. The van der Waals surface area contributed by atoms with Crippen LogP contribution < -0.4 is 5.32 Å². The van der Waals surface area contributed by atoms with Crippen molar-refractivity contribution in [1.82, 2.24) is 9.62 Å². The molecule has 1 aromatic rings. The van der Waals surface area contributed by atoms with Crippen molar-refractivity contribution in [3.63, 3.8) is 0 Å². The molecule has 0 saturated carbocycles. The van der Waals surface area contributed by atoms with Crippen molar-refractivity contribution in [3.8, 4) is 5.75 Å². The maximum absolute atomic E-state index is 12.3. The van der Waals surface area contributed by atoms with Crippen molar-refractivity contribution in [1.29, 1.82) is 0 Å². The highest BCUT2D eigenvalue weighted by atomic mass is 32.2. The number of phenols is 1. The highest BCUT2D eigenvalue weighted by Crippen LogP contribution is 2.18. The summed E-state index contributed by atoms with van der Waals surface area (Å²) in [4.78, 5) is 11.4. The molecule has 0 spiro atoms. The van der Waals surface area contributed by atoms with Gasteiger partial charge in [0.05, 0.1) is 11.4 Å². The zero-order chi connectivity index (χ0) is 14.5. The SMILES string of the molecule is CCCN(CC(=O)NC)S(=O)(=O)c1ccc(O)cc1. The fourth-order valence-corrected chi connectivity index (χ4v) is 3.03. The molecule has 0 fully saturated rings. The van der Waals surface area contributed by atoms with Gasteiger partial charge in [-0.2, -0.15) is 4.31 Å². The number of hydrogen-bond donors (Lipinski definition) is 2. The van der Waals surface area contributed by atoms with Gasteiger partial charge in [0.25, 0.3) is 0 Å². The van der Waals surface area contributed by atoms with Crippen LogP contribution in [0, 0.1) is 0 Å².